The van der Waals surface area contributed by atoms with E-state index in [-0.39, 0.29) is 5.69 Å². The van der Waals surface area contributed by atoms with Crippen LogP contribution in [-0.4, -0.2) is 24.6 Å². The van der Waals surface area contributed by atoms with E-state index in [0.29, 0.717) is 12.5 Å². The van der Waals surface area contributed by atoms with Crippen LogP contribution in [0.4, 0.5) is 5.69 Å². The van der Waals surface area contributed by atoms with Gasteiger partial charge in [0.25, 0.3) is 5.69 Å². The Hall–Kier alpha value is -1.62. The van der Waals surface area contributed by atoms with Crippen LogP contribution in [-0.2, 0) is 0 Å². The average Bonchev–Trinajstić information content (AvgIpc) is 2.23. The molecule has 0 radical (unpaired) electrons. The molecule has 1 N–H and O–H groups in total. The standard InChI is InChI=1S/C12H16N2O3/c1-9-6-11(14(15)16)2-3-12(9)17-5-4-10-7-13-8-10/h2-3,6,10,13H,4-5,7-8H2,1H3. The molecule has 1 heterocycles. The van der Waals surface area contributed by atoms with Crippen LogP contribution in [0, 0.1) is 23.0 Å². The quantitative estimate of drug-likeness (QED) is 0.626. The number of nitrogens with zero attached hydrogens (tertiary/aromatic N) is 1. The van der Waals surface area contributed by atoms with Crippen LogP contribution in [0.15, 0.2) is 18.2 Å². The molecule has 0 amide bonds. The van der Waals surface area contributed by atoms with Gasteiger partial charge in [0.1, 0.15) is 5.75 Å². The van der Waals surface area contributed by atoms with Crippen molar-refractivity contribution in [3.63, 3.8) is 0 Å². The fourth-order valence-electron chi connectivity index (χ4n) is 1.80. The lowest BCUT2D eigenvalue weighted by atomic mass is 10.0. The molecular formula is C12H16N2O3. The summed E-state index contributed by atoms with van der Waals surface area (Å²) in [5, 5.41) is 13.8. The van der Waals surface area contributed by atoms with Crippen molar-refractivity contribution in [2.24, 2.45) is 5.92 Å². The SMILES string of the molecule is Cc1cc([N+](=O)[O-])ccc1OCCC1CNC1. The third-order valence-electron chi connectivity index (χ3n) is 3.02. The molecule has 5 nitrogen and oxygen atoms in total. The van der Waals surface area contributed by atoms with Crippen LogP contribution in [0.3, 0.4) is 0 Å². The number of aryl methyl sites for hydroxylation is 1. The van der Waals surface area contributed by atoms with Crippen molar-refractivity contribution >= 4 is 5.69 Å². The lowest BCUT2D eigenvalue weighted by Crippen LogP contribution is -2.42. The summed E-state index contributed by atoms with van der Waals surface area (Å²) in [6.45, 7) is 4.64. The minimum Gasteiger partial charge on any atom is -0.493 e. The van der Waals surface area contributed by atoms with E-state index in [0.717, 1.165) is 30.8 Å². The van der Waals surface area contributed by atoms with Crippen molar-refractivity contribution in [3.05, 3.63) is 33.9 Å². The highest BCUT2D eigenvalue weighted by atomic mass is 16.6. The van der Waals surface area contributed by atoms with Gasteiger partial charge in [-0.1, -0.05) is 0 Å². The van der Waals surface area contributed by atoms with Crippen LogP contribution in [0.5, 0.6) is 5.75 Å². The molecule has 0 saturated carbocycles. The third kappa shape index (κ3) is 2.94. The molecule has 0 bridgehead atoms. The van der Waals surface area contributed by atoms with Gasteiger partial charge in [-0.2, -0.15) is 0 Å². The second kappa shape index (κ2) is 5.14. The topological polar surface area (TPSA) is 64.4 Å². The number of hydrogen-bond acceptors (Lipinski definition) is 4. The maximum Gasteiger partial charge on any atom is 0.269 e. The predicted octanol–water partition coefficient (Wildman–Crippen LogP) is 1.89. The Kier molecular flexibility index (Phi) is 3.58. The van der Waals surface area contributed by atoms with Crippen LogP contribution < -0.4 is 10.1 Å². The van der Waals surface area contributed by atoms with Gasteiger partial charge in [-0.05, 0) is 44.0 Å². The molecule has 5 heteroatoms. The zero-order valence-electron chi connectivity index (χ0n) is 9.81. The van der Waals surface area contributed by atoms with Crippen LogP contribution >= 0.6 is 0 Å². The first-order valence-corrected chi connectivity index (χ1v) is 5.75. The molecule has 1 aliphatic rings. The number of nitrogens with one attached hydrogen (secondary N) is 1. The minimum absolute atomic E-state index is 0.109. The van der Waals surface area contributed by atoms with Crippen molar-refractivity contribution in [1.82, 2.24) is 5.32 Å². The summed E-state index contributed by atoms with van der Waals surface area (Å²) < 4.78 is 5.63. The first-order valence-electron chi connectivity index (χ1n) is 5.75. The Balaban J connectivity index is 1.89. The molecule has 1 saturated heterocycles. The Morgan fingerprint density at radius 3 is 2.82 bits per heavy atom. The van der Waals surface area contributed by atoms with E-state index in [9.17, 15) is 10.1 Å². The number of non-ortho nitro benzene ring substituents is 1. The summed E-state index contributed by atoms with van der Waals surface area (Å²) in [4.78, 5) is 10.2. The average molecular weight is 236 g/mol. The van der Waals surface area contributed by atoms with Gasteiger partial charge in [0.2, 0.25) is 0 Å². The number of hydrogen-bond donors (Lipinski definition) is 1. The minimum atomic E-state index is -0.392. The van der Waals surface area contributed by atoms with Crippen molar-refractivity contribution in [2.75, 3.05) is 19.7 Å². The molecule has 0 aromatic heterocycles. The van der Waals surface area contributed by atoms with Gasteiger partial charge in [0.05, 0.1) is 11.5 Å². The molecule has 0 aliphatic carbocycles. The number of nitro groups is 1. The fourth-order valence-corrected chi connectivity index (χ4v) is 1.80. The molecule has 0 unspecified atom stereocenters. The Bertz CT molecular complexity index is 416. The second-order valence-electron chi connectivity index (χ2n) is 4.37. The normalized spacial score (nSPS) is 15.4. The highest BCUT2D eigenvalue weighted by Crippen LogP contribution is 2.23. The van der Waals surface area contributed by atoms with E-state index in [1.54, 1.807) is 12.1 Å². The summed E-state index contributed by atoms with van der Waals surface area (Å²) in [7, 11) is 0. The Labute approximate surface area is 99.9 Å². The van der Waals surface area contributed by atoms with E-state index in [4.69, 9.17) is 4.74 Å². The lowest BCUT2D eigenvalue weighted by Gasteiger charge is -2.26. The third-order valence-corrected chi connectivity index (χ3v) is 3.02. The lowest BCUT2D eigenvalue weighted by molar-refractivity contribution is -0.384. The Morgan fingerprint density at radius 1 is 1.53 bits per heavy atom. The van der Waals surface area contributed by atoms with E-state index >= 15 is 0 Å². The monoisotopic (exact) mass is 236 g/mol. The van der Waals surface area contributed by atoms with Gasteiger partial charge in [0.15, 0.2) is 0 Å². The van der Waals surface area contributed by atoms with Crippen LogP contribution in [0.1, 0.15) is 12.0 Å². The highest BCUT2D eigenvalue weighted by Gasteiger charge is 2.16. The van der Waals surface area contributed by atoms with Gasteiger partial charge in [0, 0.05) is 12.1 Å². The van der Waals surface area contributed by atoms with E-state index in [2.05, 4.69) is 5.32 Å². The smallest absolute Gasteiger partial charge is 0.269 e. The van der Waals surface area contributed by atoms with Crippen molar-refractivity contribution in [1.29, 1.82) is 0 Å². The van der Waals surface area contributed by atoms with Gasteiger partial charge >= 0.3 is 0 Å². The molecule has 2 rings (SSSR count). The summed E-state index contributed by atoms with van der Waals surface area (Å²) in [5.41, 5.74) is 0.920. The first kappa shape index (κ1) is 11.9. The summed E-state index contributed by atoms with van der Waals surface area (Å²) >= 11 is 0. The molecule has 92 valence electrons. The molecule has 1 aromatic rings. The van der Waals surface area contributed by atoms with Crippen molar-refractivity contribution in [2.45, 2.75) is 13.3 Å². The zero-order chi connectivity index (χ0) is 12.3. The molecule has 17 heavy (non-hydrogen) atoms. The molecular weight excluding hydrogens is 220 g/mol. The van der Waals surface area contributed by atoms with E-state index in [1.807, 2.05) is 6.92 Å². The highest BCUT2D eigenvalue weighted by molar-refractivity contribution is 5.42. The van der Waals surface area contributed by atoms with Gasteiger partial charge in [-0.25, -0.2) is 0 Å². The van der Waals surface area contributed by atoms with Crippen LogP contribution in [0.25, 0.3) is 0 Å². The summed E-state index contributed by atoms with van der Waals surface area (Å²) in [5.74, 6) is 1.45. The Morgan fingerprint density at radius 2 is 2.29 bits per heavy atom. The number of ether oxygens (including phenoxy) is 1. The van der Waals surface area contributed by atoms with Gasteiger partial charge in [-0.3, -0.25) is 10.1 Å². The fraction of sp³-hybridized carbons (Fsp3) is 0.500. The number of rotatable bonds is 5. The van der Waals surface area contributed by atoms with Gasteiger partial charge < -0.3 is 10.1 Å². The number of benzene rings is 1. The summed E-state index contributed by atoms with van der Waals surface area (Å²) in [6.07, 6.45) is 1.03. The second-order valence-corrected chi connectivity index (χ2v) is 4.37. The maximum absolute atomic E-state index is 10.6. The molecule has 0 spiro atoms. The zero-order valence-corrected chi connectivity index (χ0v) is 9.81. The molecule has 0 atom stereocenters. The molecule has 1 aliphatic heterocycles. The summed E-state index contributed by atoms with van der Waals surface area (Å²) in [6, 6.07) is 4.69. The largest absolute Gasteiger partial charge is 0.493 e. The number of nitro benzene ring substituents is 1. The molecule has 1 fully saturated rings. The predicted molar refractivity (Wildman–Crippen MR) is 64.3 cm³/mol. The maximum atomic E-state index is 10.6. The van der Waals surface area contributed by atoms with Crippen LogP contribution in [0.2, 0.25) is 0 Å². The van der Waals surface area contributed by atoms with Crippen molar-refractivity contribution < 1.29 is 9.66 Å². The first-order chi connectivity index (χ1) is 8.16. The van der Waals surface area contributed by atoms with Gasteiger partial charge in [-0.15, -0.1) is 0 Å². The van der Waals surface area contributed by atoms with Crippen molar-refractivity contribution in [3.8, 4) is 5.75 Å². The molecule has 1 aromatic carbocycles. The van der Waals surface area contributed by atoms with E-state index in [1.165, 1.54) is 6.07 Å². The van der Waals surface area contributed by atoms with E-state index < -0.39 is 4.92 Å².